The lowest BCUT2D eigenvalue weighted by atomic mass is 10.1. The second kappa shape index (κ2) is 2.67. The van der Waals surface area contributed by atoms with Gasteiger partial charge < -0.3 is 0 Å². The van der Waals surface area contributed by atoms with Gasteiger partial charge in [0.05, 0.1) is 11.2 Å². The summed E-state index contributed by atoms with van der Waals surface area (Å²) in [4.78, 5) is 8.72. The van der Waals surface area contributed by atoms with Gasteiger partial charge >= 0.3 is 0 Å². The molecule has 0 atom stereocenters. The number of hydrogen-bond donors (Lipinski definition) is 0. The van der Waals surface area contributed by atoms with Crippen LogP contribution in [-0.2, 0) is 0 Å². The van der Waals surface area contributed by atoms with Gasteiger partial charge in [0, 0.05) is 10.9 Å². The average Bonchev–Trinajstić information content (AvgIpc) is 2.68. The fourth-order valence-corrected chi connectivity index (χ4v) is 2.46. The SMILES string of the molecule is c1ccc2c(c1)-c1cccc3ncnc-2c13. The topological polar surface area (TPSA) is 25.8 Å². The monoisotopic (exact) mass is 204 g/mol. The molecular weight excluding hydrogens is 196 g/mol. The van der Waals surface area contributed by atoms with Crippen LogP contribution in [0, 0.1) is 0 Å². The molecule has 1 heterocycles. The van der Waals surface area contributed by atoms with Gasteiger partial charge in [-0.05, 0) is 17.2 Å². The van der Waals surface area contributed by atoms with Crippen LogP contribution in [-0.4, -0.2) is 9.97 Å². The first-order valence-corrected chi connectivity index (χ1v) is 5.28. The molecule has 74 valence electrons. The summed E-state index contributed by atoms with van der Waals surface area (Å²) in [5, 5.41) is 1.19. The molecule has 16 heavy (non-hydrogen) atoms. The Kier molecular flexibility index (Phi) is 1.33. The molecule has 0 unspecified atom stereocenters. The summed E-state index contributed by atoms with van der Waals surface area (Å²) < 4.78 is 0. The summed E-state index contributed by atoms with van der Waals surface area (Å²) >= 11 is 0. The smallest absolute Gasteiger partial charge is 0.116 e. The fourth-order valence-electron chi connectivity index (χ4n) is 2.46. The van der Waals surface area contributed by atoms with E-state index in [9.17, 15) is 0 Å². The van der Waals surface area contributed by atoms with E-state index in [2.05, 4.69) is 46.4 Å². The number of fused-ring (bicyclic) bond motifs is 3. The van der Waals surface area contributed by atoms with E-state index in [1.165, 1.54) is 22.1 Å². The Balaban J connectivity index is 2.31. The van der Waals surface area contributed by atoms with E-state index in [4.69, 9.17) is 0 Å². The summed E-state index contributed by atoms with van der Waals surface area (Å²) in [6, 6.07) is 14.6. The van der Waals surface area contributed by atoms with Crippen LogP contribution in [0.5, 0.6) is 0 Å². The van der Waals surface area contributed by atoms with Crippen LogP contribution < -0.4 is 0 Å². The first-order chi connectivity index (χ1) is 7.95. The van der Waals surface area contributed by atoms with Crippen LogP contribution in [0.4, 0.5) is 0 Å². The highest BCUT2D eigenvalue weighted by Gasteiger charge is 2.21. The van der Waals surface area contributed by atoms with E-state index in [0.29, 0.717) is 0 Å². The summed E-state index contributed by atoms with van der Waals surface area (Å²) in [7, 11) is 0. The molecule has 2 heteroatoms. The van der Waals surface area contributed by atoms with Crippen LogP contribution in [0.2, 0.25) is 0 Å². The van der Waals surface area contributed by atoms with E-state index in [1.54, 1.807) is 6.33 Å². The van der Waals surface area contributed by atoms with Gasteiger partial charge in [-0.1, -0.05) is 36.4 Å². The van der Waals surface area contributed by atoms with Crippen molar-refractivity contribution in [3.05, 3.63) is 48.8 Å². The molecule has 0 bridgehead atoms. The highest BCUT2D eigenvalue weighted by atomic mass is 14.8. The Hall–Kier alpha value is -2.22. The fraction of sp³-hybridized carbons (Fsp3) is 0. The number of hydrogen-bond acceptors (Lipinski definition) is 2. The van der Waals surface area contributed by atoms with Crippen LogP contribution in [0.3, 0.4) is 0 Å². The van der Waals surface area contributed by atoms with E-state index >= 15 is 0 Å². The number of benzene rings is 2. The minimum atomic E-state index is 1.03. The van der Waals surface area contributed by atoms with Gasteiger partial charge in [-0.3, -0.25) is 0 Å². The highest BCUT2D eigenvalue weighted by molar-refractivity contribution is 6.12. The Bertz CT molecular complexity index is 659. The lowest BCUT2D eigenvalue weighted by Gasteiger charge is -1.98. The zero-order chi connectivity index (χ0) is 10.5. The van der Waals surface area contributed by atoms with Crippen molar-refractivity contribution >= 4 is 10.9 Å². The molecule has 0 radical (unpaired) electrons. The first kappa shape index (κ1) is 7.99. The maximum atomic E-state index is 4.41. The van der Waals surface area contributed by atoms with Gasteiger partial charge in [-0.2, -0.15) is 0 Å². The van der Waals surface area contributed by atoms with Crippen molar-refractivity contribution in [1.82, 2.24) is 9.97 Å². The molecule has 1 aliphatic rings. The molecule has 0 amide bonds. The van der Waals surface area contributed by atoms with Crippen molar-refractivity contribution in [3.8, 4) is 22.4 Å². The predicted molar refractivity (Wildman–Crippen MR) is 64.0 cm³/mol. The molecular formula is C14H8N2. The van der Waals surface area contributed by atoms with Gasteiger partial charge in [0.2, 0.25) is 0 Å². The third-order valence-electron chi connectivity index (χ3n) is 3.14. The summed E-state index contributed by atoms with van der Waals surface area (Å²) in [6.07, 6.45) is 1.64. The molecule has 2 nitrogen and oxygen atoms in total. The molecule has 1 aliphatic carbocycles. The van der Waals surface area contributed by atoms with Crippen LogP contribution in [0.1, 0.15) is 0 Å². The van der Waals surface area contributed by atoms with Crippen molar-refractivity contribution in [2.75, 3.05) is 0 Å². The number of rotatable bonds is 0. The Morgan fingerprint density at radius 1 is 0.688 bits per heavy atom. The van der Waals surface area contributed by atoms with Crippen LogP contribution in [0.25, 0.3) is 33.3 Å². The minimum Gasteiger partial charge on any atom is -0.236 e. The van der Waals surface area contributed by atoms with Crippen molar-refractivity contribution in [2.24, 2.45) is 0 Å². The molecule has 0 fully saturated rings. The molecule has 1 aromatic heterocycles. The third kappa shape index (κ3) is 0.823. The Morgan fingerprint density at radius 2 is 1.50 bits per heavy atom. The average molecular weight is 204 g/mol. The zero-order valence-electron chi connectivity index (χ0n) is 8.51. The van der Waals surface area contributed by atoms with E-state index in [1.807, 2.05) is 6.07 Å². The van der Waals surface area contributed by atoms with Crippen molar-refractivity contribution in [2.45, 2.75) is 0 Å². The lowest BCUT2D eigenvalue weighted by molar-refractivity contribution is 1.23. The molecule has 4 rings (SSSR count). The van der Waals surface area contributed by atoms with E-state index in [0.717, 1.165) is 11.2 Å². The quantitative estimate of drug-likeness (QED) is 0.439. The summed E-state index contributed by atoms with van der Waals surface area (Å²) in [5.74, 6) is 0. The van der Waals surface area contributed by atoms with E-state index in [-0.39, 0.29) is 0 Å². The van der Waals surface area contributed by atoms with Crippen molar-refractivity contribution < 1.29 is 0 Å². The second-order valence-electron chi connectivity index (χ2n) is 3.97. The van der Waals surface area contributed by atoms with Gasteiger partial charge in [0.15, 0.2) is 0 Å². The van der Waals surface area contributed by atoms with Gasteiger partial charge in [-0.25, -0.2) is 9.97 Å². The summed E-state index contributed by atoms with van der Waals surface area (Å²) in [5.41, 5.74) is 5.83. The van der Waals surface area contributed by atoms with Crippen molar-refractivity contribution in [1.29, 1.82) is 0 Å². The molecule has 0 saturated heterocycles. The Labute approximate surface area is 92.6 Å². The van der Waals surface area contributed by atoms with Crippen molar-refractivity contribution in [3.63, 3.8) is 0 Å². The second-order valence-corrected chi connectivity index (χ2v) is 3.97. The van der Waals surface area contributed by atoms with Crippen LogP contribution >= 0.6 is 0 Å². The minimum absolute atomic E-state index is 1.03. The van der Waals surface area contributed by atoms with Gasteiger partial charge in [0.25, 0.3) is 0 Å². The third-order valence-corrected chi connectivity index (χ3v) is 3.14. The molecule has 0 saturated carbocycles. The molecule has 2 aromatic carbocycles. The maximum absolute atomic E-state index is 4.41. The highest BCUT2D eigenvalue weighted by Crippen LogP contribution is 2.44. The Morgan fingerprint density at radius 3 is 2.44 bits per heavy atom. The molecule has 3 aromatic rings. The summed E-state index contributed by atoms with van der Waals surface area (Å²) in [6.45, 7) is 0. The van der Waals surface area contributed by atoms with E-state index < -0.39 is 0 Å². The number of nitrogens with zero attached hydrogens (tertiary/aromatic N) is 2. The molecule has 0 aliphatic heterocycles. The van der Waals surface area contributed by atoms with Gasteiger partial charge in [-0.15, -0.1) is 0 Å². The van der Waals surface area contributed by atoms with Gasteiger partial charge in [0.1, 0.15) is 6.33 Å². The first-order valence-electron chi connectivity index (χ1n) is 5.28. The zero-order valence-corrected chi connectivity index (χ0v) is 8.51. The molecule has 0 N–H and O–H groups in total. The number of aromatic nitrogens is 2. The van der Waals surface area contributed by atoms with Crippen LogP contribution in [0.15, 0.2) is 48.8 Å². The largest absolute Gasteiger partial charge is 0.236 e. The lowest BCUT2D eigenvalue weighted by Crippen LogP contribution is -1.83. The maximum Gasteiger partial charge on any atom is 0.116 e. The normalized spacial score (nSPS) is 11.8. The predicted octanol–water partition coefficient (Wildman–Crippen LogP) is 3.28. The molecule has 0 spiro atoms. The standard InChI is InChI=1S/C14H8N2/c1-2-5-11-9(4-1)10-6-3-7-12-13(10)14(11)16-8-15-12/h1-8H.